The van der Waals surface area contributed by atoms with Gasteiger partial charge in [0, 0.05) is 10.5 Å². The number of esters is 1. The van der Waals surface area contributed by atoms with Gasteiger partial charge in [0.25, 0.3) is 0 Å². The molecule has 0 atom stereocenters. The molecule has 0 radical (unpaired) electrons. The largest absolute Gasteiger partial charge is 0.465 e. The number of hydrogen-bond acceptors (Lipinski definition) is 4. The van der Waals surface area contributed by atoms with Gasteiger partial charge in [0.2, 0.25) is 0 Å². The molecule has 0 fully saturated rings. The van der Waals surface area contributed by atoms with E-state index in [1.54, 1.807) is 12.1 Å². The number of thioether (sulfide) groups is 1. The van der Waals surface area contributed by atoms with Crippen molar-refractivity contribution in [2.45, 2.75) is 11.8 Å². The first-order chi connectivity index (χ1) is 7.13. The van der Waals surface area contributed by atoms with Gasteiger partial charge >= 0.3 is 5.97 Å². The van der Waals surface area contributed by atoms with Crippen molar-refractivity contribution >= 4 is 23.5 Å². The molecule has 0 saturated heterocycles. The van der Waals surface area contributed by atoms with Crippen molar-refractivity contribution in [3.63, 3.8) is 0 Å². The van der Waals surface area contributed by atoms with Gasteiger partial charge in [0.1, 0.15) is 0 Å². The lowest BCUT2D eigenvalue weighted by molar-refractivity contribution is 0.0599. The van der Waals surface area contributed by atoms with E-state index in [0.29, 0.717) is 11.3 Å². The summed E-state index contributed by atoms with van der Waals surface area (Å²) in [6.07, 6.45) is 0. The first-order valence-electron chi connectivity index (χ1n) is 4.52. The molecular formula is C11H10O3S. The fraction of sp³-hybridized carbons (Fsp3) is 0.273. The molecule has 1 aliphatic rings. The highest BCUT2D eigenvalue weighted by atomic mass is 32.2. The molecular weight excluding hydrogens is 212 g/mol. The number of methoxy groups -OCH3 is 1. The van der Waals surface area contributed by atoms with Crippen molar-refractivity contribution < 1.29 is 14.3 Å². The van der Waals surface area contributed by atoms with Crippen LogP contribution in [-0.4, -0.2) is 24.6 Å². The molecule has 15 heavy (non-hydrogen) atoms. The molecule has 1 aromatic rings. The molecule has 0 bridgehead atoms. The topological polar surface area (TPSA) is 43.4 Å². The normalized spacial score (nSPS) is 13.9. The lowest BCUT2D eigenvalue weighted by atomic mass is 10.0. The monoisotopic (exact) mass is 222 g/mol. The highest BCUT2D eigenvalue weighted by molar-refractivity contribution is 8.00. The first-order valence-corrected chi connectivity index (χ1v) is 5.51. The molecule has 0 N–H and O–H groups in total. The zero-order valence-corrected chi connectivity index (χ0v) is 9.31. The van der Waals surface area contributed by atoms with Gasteiger partial charge < -0.3 is 4.74 Å². The Balaban J connectivity index is 2.53. The number of Topliss-reactive ketones (excluding diaryl/α,β-unsaturated/α-hetero) is 1. The summed E-state index contributed by atoms with van der Waals surface area (Å²) in [6.45, 7) is 1.81. The summed E-state index contributed by atoms with van der Waals surface area (Å²) in [4.78, 5) is 23.7. The highest BCUT2D eigenvalue weighted by Crippen LogP contribution is 2.33. The lowest BCUT2D eigenvalue weighted by Gasteiger charge is -2.05. The Morgan fingerprint density at radius 1 is 1.47 bits per heavy atom. The Morgan fingerprint density at radius 3 is 2.87 bits per heavy atom. The minimum absolute atomic E-state index is 0.134. The van der Waals surface area contributed by atoms with Crippen LogP contribution in [0.4, 0.5) is 0 Å². The summed E-state index contributed by atoms with van der Waals surface area (Å²) in [5.41, 5.74) is 2.06. The van der Waals surface area contributed by atoms with Crippen molar-refractivity contribution in [3.8, 4) is 0 Å². The van der Waals surface area contributed by atoms with Crippen LogP contribution in [0.5, 0.6) is 0 Å². The van der Waals surface area contributed by atoms with Crippen LogP contribution in [0, 0.1) is 6.92 Å². The van der Waals surface area contributed by atoms with Crippen LogP contribution in [-0.2, 0) is 4.74 Å². The highest BCUT2D eigenvalue weighted by Gasteiger charge is 2.23. The van der Waals surface area contributed by atoms with Crippen LogP contribution in [0.1, 0.15) is 26.3 Å². The molecule has 0 amide bonds. The Bertz CT molecular complexity index is 451. The average Bonchev–Trinajstić information content (AvgIpc) is 2.58. The fourth-order valence-corrected chi connectivity index (χ4v) is 2.55. The van der Waals surface area contributed by atoms with E-state index in [1.165, 1.54) is 18.9 Å². The first kappa shape index (κ1) is 10.2. The lowest BCUT2D eigenvalue weighted by Crippen LogP contribution is -2.05. The summed E-state index contributed by atoms with van der Waals surface area (Å²) in [5, 5.41) is 0. The number of rotatable bonds is 1. The quantitative estimate of drug-likeness (QED) is 0.682. The van der Waals surface area contributed by atoms with Gasteiger partial charge in [-0.05, 0) is 24.6 Å². The molecule has 0 aromatic heterocycles. The van der Waals surface area contributed by atoms with Crippen molar-refractivity contribution in [1.82, 2.24) is 0 Å². The minimum Gasteiger partial charge on any atom is -0.465 e. The molecule has 0 saturated carbocycles. The van der Waals surface area contributed by atoms with E-state index in [4.69, 9.17) is 0 Å². The number of hydrogen-bond donors (Lipinski definition) is 0. The van der Waals surface area contributed by atoms with Crippen LogP contribution in [0.2, 0.25) is 0 Å². The molecule has 78 valence electrons. The second-order valence-electron chi connectivity index (χ2n) is 3.37. The van der Waals surface area contributed by atoms with Crippen molar-refractivity contribution in [2.24, 2.45) is 0 Å². The molecule has 0 aliphatic carbocycles. The van der Waals surface area contributed by atoms with Crippen LogP contribution in [0.3, 0.4) is 0 Å². The van der Waals surface area contributed by atoms with Gasteiger partial charge in [0.15, 0.2) is 5.78 Å². The maximum absolute atomic E-state index is 11.4. The van der Waals surface area contributed by atoms with Crippen molar-refractivity contribution in [3.05, 3.63) is 28.8 Å². The van der Waals surface area contributed by atoms with Gasteiger partial charge in [-0.2, -0.15) is 0 Å². The van der Waals surface area contributed by atoms with Gasteiger partial charge in [0.05, 0.1) is 18.4 Å². The van der Waals surface area contributed by atoms with Gasteiger partial charge in [-0.25, -0.2) is 4.79 Å². The third kappa shape index (κ3) is 1.65. The number of fused-ring (bicyclic) bond motifs is 1. The van der Waals surface area contributed by atoms with Crippen molar-refractivity contribution in [2.75, 3.05) is 12.9 Å². The van der Waals surface area contributed by atoms with Crippen LogP contribution in [0.15, 0.2) is 17.0 Å². The maximum atomic E-state index is 11.4. The van der Waals surface area contributed by atoms with E-state index in [9.17, 15) is 9.59 Å². The summed E-state index contributed by atoms with van der Waals surface area (Å²) in [7, 11) is 1.35. The van der Waals surface area contributed by atoms with Crippen LogP contribution < -0.4 is 0 Å². The predicted molar refractivity (Wildman–Crippen MR) is 57.6 cm³/mol. The molecule has 3 nitrogen and oxygen atoms in total. The van der Waals surface area contributed by atoms with E-state index in [1.807, 2.05) is 6.92 Å². The zero-order valence-electron chi connectivity index (χ0n) is 8.49. The second kappa shape index (κ2) is 3.70. The summed E-state index contributed by atoms with van der Waals surface area (Å²) in [6, 6.07) is 3.51. The number of aryl methyl sites for hydroxylation is 1. The van der Waals surface area contributed by atoms with E-state index >= 15 is 0 Å². The van der Waals surface area contributed by atoms with E-state index in [2.05, 4.69) is 4.74 Å². The number of carbonyl (C=O) groups excluding carboxylic acids is 2. The Labute approximate surface area is 91.8 Å². The molecule has 0 unspecified atom stereocenters. The predicted octanol–water partition coefficient (Wildman–Crippen LogP) is 2.07. The van der Waals surface area contributed by atoms with E-state index < -0.39 is 0 Å². The number of benzene rings is 1. The zero-order chi connectivity index (χ0) is 11.0. The smallest absolute Gasteiger partial charge is 0.338 e. The number of ketones is 1. The van der Waals surface area contributed by atoms with Crippen LogP contribution in [0.25, 0.3) is 0 Å². The number of carbonyl (C=O) groups is 2. The summed E-state index contributed by atoms with van der Waals surface area (Å²) in [5.74, 6) is 0.254. The third-order valence-corrected chi connectivity index (χ3v) is 3.45. The molecule has 2 rings (SSSR count). The Morgan fingerprint density at radius 2 is 2.20 bits per heavy atom. The van der Waals surface area contributed by atoms with Gasteiger partial charge in [-0.1, -0.05) is 0 Å². The molecule has 1 aromatic carbocycles. The fourth-order valence-electron chi connectivity index (χ4n) is 1.58. The molecule has 0 spiro atoms. The SMILES string of the molecule is COC(=O)c1cc2c(cc1C)C(=O)CS2. The Kier molecular flexibility index (Phi) is 2.52. The van der Waals surface area contributed by atoms with Crippen molar-refractivity contribution in [1.29, 1.82) is 0 Å². The molecule has 1 aliphatic heterocycles. The number of ether oxygens (including phenoxy) is 1. The standard InChI is InChI=1S/C11H10O3S/c1-6-3-8-9(12)5-15-10(8)4-7(6)11(13)14-2/h3-4H,5H2,1-2H3. The molecule has 1 heterocycles. The Hall–Kier alpha value is -1.29. The third-order valence-electron chi connectivity index (χ3n) is 2.39. The minimum atomic E-state index is -0.352. The summed E-state index contributed by atoms with van der Waals surface area (Å²) >= 11 is 1.47. The van der Waals surface area contributed by atoms with Gasteiger partial charge in [-0.15, -0.1) is 11.8 Å². The second-order valence-corrected chi connectivity index (χ2v) is 4.38. The van der Waals surface area contributed by atoms with E-state index in [0.717, 1.165) is 16.0 Å². The van der Waals surface area contributed by atoms with Gasteiger partial charge in [-0.3, -0.25) is 4.79 Å². The van der Waals surface area contributed by atoms with E-state index in [-0.39, 0.29) is 11.8 Å². The summed E-state index contributed by atoms with van der Waals surface area (Å²) < 4.78 is 4.67. The average molecular weight is 222 g/mol. The van der Waals surface area contributed by atoms with Crippen LogP contribution >= 0.6 is 11.8 Å². The maximum Gasteiger partial charge on any atom is 0.338 e. The molecule has 4 heteroatoms.